The molecule has 144 valence electrons. The molecule has 0 heterocycles. The first-order valence-corrected chi connectivity index (χ1v) is 10.1. The molecule has 6 nitrogen and oxygen atoms in total. The second kappa shape index (κ2) is 7.42. The minimum atomic E-state index is -3.51. The van der Waals surface area contributed by atoms with E-state index in [0.717, 1.165) is 17.1 Å². The summed E-state index contributed by atoms with van der Waals surface area (Å²) in [5, 5.41) is 2.92. The summed E-state index contributed by atoms with van der Waals surface area (Å²) in [6.07, 6.45) is 1.50. The second-order valence-corrected chi connectivity index (χ2v) is 9.16. The maximum absolute atomic E-state index is 12.5. The van der Waals surface area contributed by atoms with Gasteiger partial charge in [-0.05, 0) is 35.4 Å². The molecule has 0 radical (unpaired) electrons. The summed E-state index contributed by atoms with van der Waals surface area (Å²) in [6.45, 7) is 0.384. The van der Waals surface area contributed by atoms with Crippen LogP contribution in [-0.4, -0.2) is 52.0 Å². The summed E-state index contributed by atoms with van der Waals surface area (Å²) in [5.41, 5.74) is 2.45. The molecule has 1 amide bonds. The van der Waals surface area contributed by atoms with Crippen LogP contribution in [0.25, 0.3) is 0 Å². The van der Waals surface area contributed by atoms with Gasteiger partial charge in [-0.25, -0.2) is 12.7 Å². The highest BCUT2D eigenvalue weighted by Crippen LogP contribution is 2.32. The standard InChI is InChI=1S/C20H24N2O4S/c1-22(2)27(24,25)18-10-8-15(9-11-18)19(23)21-14-20(26-3)12-16-6-4-5-7-17(16)13-20/h4-11H,12-14H2,1-3H3,(H,21,23). The van der Waals surface area contributed by atoms with Gasteiger partial charge >= 0.3 is 0 Å². The average Bonchev–Trinajstić information content (AvgIpc) is 3.05. The minimum absolute atomic E-state index is 0.156. The van der Waals surface area contributed by atoms with Crippen LogP contribution in [0.3, 0.4) is 0 Å². The Kier molecular flexibility index (Phi) is 5.37. The van der Waals surface area contributed by atoms with E-state index in [1.54, 1.807) is 7.11 Å². The zero-order chi connectivity index (χ0) is 19.7. The SMILES string of the molecule is COC1(CNC(=O)c2ccc(S(=O)(=O)N(C)C)cc2)Cc2ccccc2C1. The fourth-order valence-electron chi connectivity index (χ4n) is 3.33. The summed E-state index contributed by atoms with van der Waals surface area (Å²) < 4.78 is 31.1. The molecule has 0 aliphatic heterocycles. The summed E-state index contributed by atoms with van der Waals surface area (Å²) in [7, 11) is 1.10. The molecule has 1 N–H and O–H groups in total. The molecule has 0 saturated heterocycles. The van der Waals surface area contributed by atoms with Crippen molar-refractivity contribution in [2.24, 2.45) is 0 Å². The summed E-state index contributed by atoms with van der Waals surface area (Å²) in [4.78, 5) is 12.7. The fourth-order valence-corrected chi connectivity index (χ4v) is 4.23. The quantitative estimate of drug-likeness (QED) is 0.820. The molecule has 3 rings (SSSR count). The van der Waals surface area contributed by atoms with Crippen LogP contribution >= 0.6 is 0 Å². The lowest BCUT2D eigenvalue weighted by molar-refractivity contribution is 0.000176. The van der Waals surface area contributed by atoms with Crippen molar-refractivity contribution in [3.8, 4) is 0 Å². The van der Waals surface area contributed by atoms with Gasteiger partial charge in [-0.1, -0.05) is 24.3 Å². The molecule has 0 bridgehead atoms. The van der Waals surface area contributed by atoms with Crippen molar-refractivity contribution in [2.45, 2.75) is 23.3 Å². The lowest BCUT2D eigenvalue weighted by atomic mass is 10.00. The van der Waals surface area contributed by atoms with Gasteiger partial charge in [-0.2, -0.15) is 0 Å². The van der Waals surface area contributed by atoms with Crippen molar-refractivity contribution in [1.29, 1.82) is 0 Å². The first-order valence-electron chi connectivity index (χ1n) is 8.70. The second-order valence-electron chi connectivity index (χ2n) is 7.00. The molecule has 27 heavy (non-hydrogen) atoms. The summed E-state index contributed by atoms with van der Waals surface area (Å²) >= 11 is 0. The highest BCUT2D eigenvalue weighted by Gasteiger charge is 2.37. The van der Waals surface area contributed by atoms with Gasteiger partial charge in [-0.3, -0.25) is 4.79 Å². The molecule has 2 aromatic rings. The molecule has 0 spiro atoms. The van der Waals surface area contributed by atoms with Crippen LogP contribution in [0.1, 0.15) is 21.5 Å². The van der Waals surface area contributed by atoms with E-state index in [9.17, 15) is 13.2 Å². The Morgan fingerprint density at radius 3 is 2.11 bits per heavy atom. The number of hydrogen-bond acceptors (Lipinski definition) is 4. The lowest BCUT2D eigenvalue weighted by Gasteiger charge is -2.27. The van der Waals surface area contributed by atoms with E-state index in [2.05, 4.69) is 17.4 Å². The largest absolute Gasteiger partial charge is 0.376 e. The number of benzene rings is 2. The number of amides is 1. The van der Waals surface area contributed by atoms with Crippen LogP contribution < -0.4 is 5.32 Å². The first kappa shape index (κ1) is 19.5. The van der Waals surface area contributed by atoms with Gasteiger partial charge in [0.1, 0.15) is 0 Å². The maximum atomic E-state index is 12.5. The Hall–Kier alpha value is -2.22. The molecule has 1 aliphatic rings. The van der Waals surface area contributed by atoms with Gasteiger partial charge in [0, 0.05) is 46.2 Å². The van der Waals surface area contributed by atoms with Crippen molar-refractivity contribution >= 4 is 15.9 Å². The topological polar surface area (TPSA) is 75.7 Å². The minimum Gasteiger partial charge on any atom is -0.376 e. The smallest absolute Gasteiger partial charge is 0.251 e. The number of ether oxygens (including phenoxy) is 1. The van der Waals surface area contributed by atoms with Gasteiger partial charge < -0.3 is 10.1 Å². The van der Waals surface area contributed by atoms with Crippen LogP contribution in [-0.2, 0) is 27.6 Å². The number of carbonyl (C=O) groups is 1. The van der Waals surface area contributed by atoms with Crippen molar-refractivity contribution in [3.63, 3.8) is 0 Å². The van der Waals surface area contributed by atoms with Gasteiger partial charge in [0.2, 0.25) is 10.0 Å². The number of rotatable bonds is 6. The Morgan fingerprint density at radius 1 is 1.07 bits per heavy atom. The number of methoxy groups -OCH3 is 1. The lowest BCUT2D eigenvalue weighted by Crippen LogP contribution is -2.45. The normalized spacial score (nSPS) is 15.6. The van der Waals surface area contributed by atoms with E-state index in [0.29, 0.717) is 12.1 Å². The Labute approximate surface area is 160 Å². The number of sulfonamides is 1. The van der Waals surface area contributed by atoms with E-state index in [4.69, 9.17) is 4.74 Å². The maximum Gasteiger partial charge on any atom is 0.251 e. The molecule has 2 aromatic carbocycles. The third-order valence-electron chi connectivity index (χ3n) is 5.04. The summed E-state index contributed by atoms with van der Waals surface area (Å²) in [5.74, 6) is -0.254. The van der Waals surface area contributed by atoms with E-state index in [1.165, 1.54) is 49.5 Å². The predicted molar refractivity (Wildman–Crippen MR) is 103 cm³/mol. The third-order valence-corrected chi connectivity index (χ3v) is 6.87. The fraction of sp³-hybridized carbons (Fsp3) is 0.350. The highest BCUT2D eigenvalue weighted by atomic mass is 32.2. The first-order chi connectivity index (χ1) is 12.8. The van der Waals surface area contributed by atoms with Crippen LogP contribution in [0.5, 0.6) is 0 Å². The van der Waals surface area contributed by atoms with Crippen molar-refractivity contribution in [2.75, 3.05) is 27.7 Å². The molecule has 0 saturated carbocycles. The Morgan fingerprint density at radius 2 is 1.63 bits per heavy atom. The van der Waals surface area contributed by atoms with Crippen LogP contribution in [0.2, 0.25) is 0 Å². The molecular formula is C20H24N2O4S. The molecular weight excluding hydrogens is 364 g/mol. The van der Waals surface area contributed by atoms with E-state index < -0.39 is 15.6 Å². The van der Waals surface area contributed by atoms with Crippen molar-refractivity contribution in [3.05, 3.63) is 65.2 Å². The molecule has 7 heteroatoms. The highest BCUT2D eigenvalue weighted by molar-refractivity contribution is 7.89. The average molecular weight is 388 g/mol. The molecule has 1 aliphatic carbocycles. The van der Waals surface area contributed by atoms with Crippen LogP contribution in [0, 0.1) is 0 Å². The van der Waals surface area contributed by atoms with Gasteiger partial charge in [-0.15, -0.1) is 0 Å². The monoisotopic (exact) mass is 388 g/mol. The zero-order valence-corrected chi connectivity index (χ0v) is 16.5. The molecule has 0 fully saturated rings. The third kappa shape index (κ3) is 3.90. The number of nitrogens with zero attached hydrogens (tertiary/aromatic N) is 1. The van der Waals surface area contributed by atoms with Crippen LogP contribution in [0.4, 0.5) is 0 Å². The number of fused-ring (bicyclic) bond motifs is 1. The zero-order valence-electron chi connectivity index (χ0n) is 15.7. The van der Waals surface area contributed by atoms with E-state index in [-0.39, 0.29) is 10.8 Å². The van der Waals surface area contributed by atoms with Crippen molar-refractivity contribution in [1.82, 2.24) is 9.62 Å². The Balaban J connectivity index is 1.68. The van der Waals surface area contributed by atoms with E-state index >= 15 is 0 Å². The number of carbonyl (C=O) groups excluding carboxylic acids is 1. The van der Waals surface area contributed by atoms with Crippen molar-refractivity contribution < 1.29 is 17.9 Å². The summed E-state index contributed by atoms with van der Waals surface area (Å²) in [6, 6.07) is 14.1. The predicted octanol–water partition coefficient (Wildman–Crippen LogP) is 1.85. The number of nitrogens with one attached hydrogen (secondary N) is 1. The number of hydrogen-bond donors (Lipinski definition) is 1. The van der Waals surface area contributed by atoms with Gasteiger partial charge in [0.15, 0.2) is 0 Å². The molecule has 0 aromatic heterocycles. The van der Waals surface area contributed by atoms with Gasteiger partial charge in [0.25, 0.3) is 5.91 Å². The Bertz CT molecular complexity index is 912. The van der Waals surface area contributed by atoms with Gasteiger partial charge in [0.05, 0.1) is 10.5 Å². The van der Waals surface area contributed by atoms with Crippen LogP contribution in [0.15, 0.2) is 53.4 Å². The van der Waals surface area contributed by atoms with E-state index in [1.807, 2.05) is 12.1 Å². The molecule has 0 unspecified atom stereocenters. The molecule has 0 atom stereocenters.